The molecule has 11 nitrogen and oxygen atoms in total. The van der Waals surface area contributed by atoms with Gasteiger partial charge in [-0.25, -0.2) is 0 Å². The number of phenols is 1. The van der Waals surface area contributed by atoms with Crippen LogP contribution in [-0.4, -0.2) is 73.6 Å². The minimum atomic E-state index is -0.346. The molecule has 49 heavy (non-hydrogen) atoms. The summed E-state index contributed by atoms with van der Waals surface area (Å²) in [5.74, 6) is 3.13. The van der Waals surface area contributed by atoms with Crippen molar-refractivity contribution >= 4 is 29.8 Å². The Balaban J connectivity index is 0.000000471. The van der Waals surface area contributed by atoms with Crippen LogP contribution in [0.3, 0.4) is 0 Å². The predicted octanol–water partition coefficient (Wildman–Crippen LogP) is 7.20. The highest BCUT2D eigenvalue weighted by atomic mass is 16.5. The maximum atomic E-state index is 12.0. The molecule has 1 aliphatic carbocycles. The van der Waals surface area contributed by atoms with Crippen molar-refractivity contribution in [2.75, 3.05) is 56.9 Å². The van der Waals surface area contributed by atoms with Gasteiger partial charge in [0.1, 0.15) is 0 Å². The van der Waals surface area contributed by atoms with Gasteiger partial charge in [-0.05, 0) is 53.1 Å². The summed E-state index contributed by atoms with van der Waals surface area (Å²) in [4.78, 5) is 23.7. The van der Waals surface area contributed by atoms with E-state index in [0.29, 0.717) is 40.2 Å². The number of ketones is 2. The summed E-state index contributed by atoms with van der Waals surface area (Å²) in [6.45, 7) is 0. The normalized spacial score (nSPS) is 12.0. The van der Waals surface area contributed by atoms with Crippen LogP contribution in [0.25, 0.3) is 18.2 Å². The van der Waals surface area contributed by atoms with Gasteiger partial charge in [-0.15, -0.1) is 0 Å². The molecule has 4 rings (SSSR count). The molecule has 0 aromatic heterocycles. The Morgan fingerprint density at radius 3 is 1.29 bits per heavy atom. The molecular weight excluding hydrogens is 632 g/mol. The number of methoxy groups -OCH3 is 8. The van der Waals surface area contributed by atoms with Crippen molar-refractivity contribution in [2.45, 2.75) is 14.9 Å². The molecule has 0 bridgehead atoms. The largest absolute Gasteiger partial charge is 0.504 e. The van der Waals surface area contributed by atoms with Gasteiger partial charge in [0.15, 0.2) is 46.0 Å². The fourth-order valence-electron chi connectivity index (χ4n) is 4.43. The van der Waals surface area contributed by atoms with Gasteiger partial charge in [0.25, 0.3) is 0 Å². The lowest BCUT2D eigenvalue weighted by Crippen LogP contribution is -2.13. The summed E-state index contributed by atoms with van der Waals surface area (Å²) < 4.78 is 41.6. The molecule has 1 N–H and O–H groups in total. The van der Waals surface area contributed by atoms with Crippen LogP contribution >= 0.6 is 0 Å². The molecule has 0 aliphatic heterocycles. The van der Waals surface area contributed by atoms with E-state index in [1.54, 1.807) is 57.7 Å². The fourth-order valence-corrected chi connectivity index (χ4v) is 4.43. The lowest BCUT2D eigenvalue weighted by molar-refractivity contribution is -0.117. The van der Waals surface area contributed by atoms with Gasteiger partial charge in [-0.2, -0.15) is 0 Å². The van der Waals surface area contributed by atoms with Crippen LogP contribution in [0.5, 0.6) is 46.0 Å². The van der Waals surface area contributed by atoms with Gasteiger partial charge in [0, 0.05) is 17.7 Å². The number of hydrogen-bond donors (Lipinski definition) is 1. The second-order valence-electron chi connectivity index (χ2n) is 9.56. The number of carbonyl (C=O) groups excluding carboxylic acids is 2. The summed E-state index contributed by atoms with van der Waals surface area (Å²) in [6.07, 6.45) is 9.44. The number of ether oxygens (including phenoxy) is 8. The van der Waals surface area contributed by atoms with Crippen molar-refractivity contribution in [1.82, 2.24) is 0 Å². The van der Waals surface area contributed by atoms with E-state index in [4.69, 9.17) is 37.9 Å². The Labute approximate surface area is 288 Å². The molecule has 0 saturated carbocycles. The number of benzene rings is 3. The van der Waals surface area contributed by atoms with E-state index in [2.05, 4.69) is 0 Å². The van der Waals surface area contributed by atoms with E-state index in [9.17, 15) is 14.7 Å². The molecule has 0 amide bonds. The zero-order chi connectivity index (χ0) is 34.5. The first-order chi connectivity index (χ1) is 22.7. The average Bonchev–Trinajstić information content (AvgIpc) is 3.09. The Hall–Kier alpha value is -5.84. The van der Waals surface area contributed by atoms with Crippen molar-refractivity contribution in [3.63, 3.8) is 0 Å². The molecule has 0 radical (unpaired) electrons. The van der Waals surface area contributed by atoms with Crippen molar-refractivity contribution in [3.05, 3.63) is 88.7 Å². The average molecular weight is 679 g/mol. The minimum absolute atomic E-state index is 0. The SMILES string of the molecule is C.C.COC1=CC(=O)C(/C=C\c2cc(OC)c(OC)c(OC)c2)=CC1=O.COc1ccc(/C=C\c2cc(OC)c(OC)c(OC)c2)cc1O. The van der Waals surface area contributed by atoms with E-state index in [1.807, 2.05) is 30.4 Å². The molecule has 11 heteroatoms. The van der Waals surface area contributed by atoms with Crippen LogP contribution in [0.15, 0.2) is 72.0 Å². The molecule has 1 aliphatic rings. The Morgan fingerprint density at radius 1 is 0.469 bits per heavy atom. The van der Waals surface area contributed by atoms with Gasteiger partial charge in [-0.1, -0.05) is 45.2 Å². The topological polar surface area (TPSA) is 128 Å². The Morgan fingerprint density at radius 2 is 0.898 bits per heavy atom. The third kappa shape index (κ3) is 10.3. The second-order valence-corrected chi connectivity index (χ2v) is 9.56. The number of allylic oxidation sites excluding steroid dienone is 4. The molecule has 0 unspecified atom stereocenters. The quantitative estimate of drug-likeness (QED) is 0.154. The van der Waals surface area contributed by atoms with E-state index >= 15 is 0 Å². The van der Waals surface area contributed by atoms with Gasteiger partial charge in [0.2, 0.25) is 17.3 Å². The fraction of sp³-hybridized carbons (Fsp3) is 0.263. The van der Waals surface area contributed by atoms with E-state index in [0.717, 1.165) is 16.7 Å². The molecule has 0 saturated heterocycles. The summed E-state index contributed by atoms with van der Waals surface area (Å²) in [5.41, 5.74) is 2.73. The van der Waals surface area contributed by atoms with Crippen molar-refractivity contribution in [3.8, 4) is 46.0 Å². The van der Waals surface area contributed by atoms with Crippen molar-refractivity contribution in [1.29, 1.82) is 0 Å². The predicted molar refractivity (Wildman–Crippen MR) is 191 cm³/mol. The third-order valence-electron chi connectivity index (χ3n) is 6.80. The summed E-state index contributed by atoms with van der Waals surface area (Å²) >= 11 is 0. The van der Waals surface area contributed by atoms with Crippen LogP contribution in [-0.2, 0) is 14.3 Å². The van der Waals surface area contributed by atoms with Crippen molar-refractivity contribution in [2.24, 2.45) is 0 Å². The van der Waals surface area contributed by atoms with Crippen LogP contribution in [0.4, 0.5) is 0 Å². The van der Waals surface area contributed by atoms with Crippen LogP contribution in [0.1, 0.15) is 31.5 Å². The molecule has 3 aromatic rings. The smallest absolute Gasteiger partial charge is 0.221 e. The number of aromatic hydroxyl groups is 1. The lowest BCUT2D eigenvalue weighted by Gasteiger charge is -2.13. The number of phenolic OH excluding ortho intramolecular Hbond substituents is 1. The molecular formula is C38H46O11. The number of hydrogen-bond acceptors (Lipinski definition) is 11. The zero-order valence-electron chi connectivity index (χ0n) is 27.5. The van der Waals surface area contributed by atoms with Crippen LogP contribution in [0, 0.1) is 0 Å². The molecule has 0 spiro atoms. The highest BCUT2D eigenvalue weighted by Crippen LogP contribution is 2.40. The van der Waals surface area contributed by atoms with Gasteiger partial charge < -0.3 is 43.0 Å². The summed E-state index contributed by atoms with van der Waals surface area (Å²) in [7, 11) is 12.1. The molecule has 3 aromatic carbocycles. The first kappa shape index (κ1) is 41.2. The first-order valence-corrected chi connectivity index (χ1v) is 14.1. The summed E-state index contributed by atoms with van der Waals surface area (Å²) in [6, 6.07) is 12.4. The third-order valence-corrected chi connectivity index (χ3v) is 6.80. The first-order valence-electron chi connectivity index (χ1n) is 14.1. The second kappa shape index (κ2) is 19.7. The zero-order valence-corrected chi connectivity index (χ0v) is 27.5. The van der Waals surface area contributed by atoms with Crippen LogP contribution in [0.2, 0.25) is 0 Å². The molecule has 0 heterocycles. The molecule has 0 fully saturated rings. The van der Waals surface area contributed by atoms with Gasteiger partial charge in [0.05, 0.1) is 56.9 Å². The summed E-state index contributed by atoms with van der Waals surface area (Å²) in [5, 5.41) is 9.81. The highest BCUT2D eigenvalue weighted by Gasteiger charge is 2.19. The standard InChI is InChI=1S/C18H18O6.C18H20O5.2CH4/c1-21-15-10-13(19)12(9-14(15)20)6-5-11-7-16(22-2)18(24-4)17(8-11)23-3;1-20-15-8-7-12(9-14(15)19)5-6-13-10-16(21-2)18(23-4)17(11-13)22-3;;/h5-10H,1-4H3;5-11,19H,1-4H3;2*1H4/b2*6-5-;;. The van der Waals surface area contributed by atoms with Crippen molar-refractivity contribution < 1.29 is 52.6 Å². The van der Waals surface area contributed by atoms with E-state index in [1.165, 1.54) is 47.7 Å². The number of rotatable bonds is 12. The van der Waals surface area contributed by atoms with E-state index < -0.39 is 0 Å². The highest BCUT2D eigenvalue weighted by molar-refractivity contribution is 6.20. The lowest BCUT2D eigenvalue weighted by atomic mass is 10.0. The van der Waals surface area contributed by atoms with Crippen LogP contribution < -0.4 is 33.2 Å². The minimum Gasteiger partial charge on any atom is -0.504 e. The van der Waals surface area contributed by atoms with Gasteiger partial charge in [-0.3, -0.25) is 9.59 Å². The molecule has 0 atom stereocenters. The van der Waals surface area contributed by atoms with Gasteiger partial charge >= 0.3 is 0 Å². The maximum absolute atomic E-state index is 12.0. The number of carbonyl (C=O) groups is 2. The Bertz CT molecular complexity index is 1660. The molecule has 264 valence electrons. The van der Waals surface area contributed by atoms with E-state index in [-0.39, 0.29) is 43.5 Å². The monoisotopic (exact) mass is 678 g/mol. The maximum Gasteiger partial charge on any atom is 0.221 e. The Kier molecular flexibility index (Phi) is 16.6.